The van der Waals surface area contributed by atoms with Crippen LogP contribution in [0, 0.1) is 0 Å². The molecule has 0 aliphatic heterocycles. The Morgan fingerprint density at radius 1 is 0.679 bits per heavy atom. The highest BCUT2D eigenvalue weighted by Gasteiger charge is 2.10. The summed E-state index contributed by atoms with van der Waals surface area (Å²) in [6.07, 6.45) is 1.33. The second-order valence-electron chi connectivity index (χ2n) is 5.79. The molecule has 0 atom stereocenters. The number of benzene rings is 2. The molecule has 0 radical (unpaired) electrons. The lowest BCUT2D eigenvalue weighted by Gasteiger charge is -2.29. The minimum absolute atomic E-state index is 0.0632. The van der Waals surface area contributed by atoms with Gasteiger partial charge in [-0.05, 0) is 59.4 Å². The summed E-state index contributed by atoms with van der Waals surface area (Å²) in [6.45, 7) is 3.92. The molecule has 0 spiro atoms. The van der Waals surface area contributed by atoms with Crippen LogP contribution in [0.3, 0.4) is 0 Å². The minimum Gasteiger partial charge on any atom is -0.780 e. The Balaban J connectivity index is 2.36. The Morgan fingerprint density at radius 3 is 1.18 bits per heavy atom. The van der Waals surface area contributed by atoms with Crippen LogP contribution in [-0.4, -0.2) is 0 Å². The van der Waals surface area contributed by atoms with Crippen molar-refractivity contribution < 1.29 is 37.8 Å². The summed E-state index contributed by atoms with van der Waals surface area (Å²) in [5, 5.41) is 0. The molecule has 0 bridgehead atoms. The molecule has 2 rings (SSSR count). The lowest BCUT2D eigenvalue weighted by molar-refractivity contribution is -0.335. The first-order valence-electron chi connectivity index (χ1n) is 8.38. The predicted octanol–water partition coefficient (Wildman–Crippen LogP) is 1.83. The number of phosphoric acid groups is 2. The predicted molar refractivity (Wildman–Crippen MR) is 96.7 cm³/mol. The van der Waals surface area contributed by atoms with Crippen molar-refractivity contribution in [2.45, 2.75) is 26.7 Å². The zero-order valence-electron chi connectivity index (χ0n) is 15.2. The Kier molecular flexibility index (Phi) is 7.23. The van der Waals surface area contributed by atoms with Crippen LogP contribution < -0.4 is 28.6 Å². The van der Waals surface area contributed by atoms with Gasteiger partial charge in [-0.1, -0.05) is 38.1 Å². The third-order valence-corrected chi connectivity index (χ3v) is 4.78. The highest BCUT2D eigenvalue weighted by atomic mass is 31.2. The molecule has 0 N–H and O–H groups in total. The Hall–Kier alpha value is -1.92. The molecule has 0 amide bonds. The van der Waals surface area contributed by atoms with Gasteiger partial charge in [-0.2, -0.15) is 0 Å². The van der Waals surface area contributed by atoms with E-state index in [9.17, 15) is 28.7 Å². The zero-order chi connectivity index (χ0) is 20.9. The minimum atomic E-state index is -5.11. The number of phosphoric ester groups is 2. The van der Waals surface area contributed by atoms with E-state index in [0.29, 0.717) is 12.8 Å². The first-order valence-corrected chi connectivity index (χ1v) is 11.3. The van der Waals surface area contributed by atoms with Crippen LogP contribution in [0.5, 0.6) is 11.5 Å². The van der Waals surface area contributed by atoms with E-state index in [-0.39, 0.29) is 11.5 Å². The van der Waals surface area contributed by atoms with Crippen molar-refractivity contribution in [3.05, 3.63) is 59.7 Å². The zero-order valence-corrected chi connectivity index (χ0v) is 17.0. The van der Waals surface area contributed by atoms with E-state index in [1.165, 1.54) is 24.3 Å². The SMILES string of the molecule is CC/C(=C(/CC)c1ccc(OP(=O)([O-])[O-])cc1)c1ccc(OP(=O)([O-])[O-])cc1. The van der Waals surface area contributed by atoms with Crippen molar-refractivity contribution in [1.29, 1.82) is 0 Å². The van der Waals surface area contributed by atoms with Crippen molar-refractivity contribution in [2.24, 2.45) is 0 Å². The second kappa shape index (κ2) is 9.05. The molecule has 2 aromatic carbocycles. The maximum atomic E-state index is 10.7. The van der Waals surface area contributed by atoms with Gasteiger partial charge < -0.3 is 37.8 Å². The van der Waals surface area contributed by atoms with Crippen molar-refractivity contribution in [3.8, 4) is 11.5 Å². The average molecular weight is 424 g/mol. The molecule has 0 fully saturated rings. The van der Waals surface area contributed by atoms with Gasteiger partial charge in [0.25, 0.3) is 0 Å². The van der Waals surface area contributed by atoms with E-state index in [1.807, 2.05) is 13.8 Å². The van der Waals surface area contributed by atoms with Crippen molar-refractivity contribution >= 4 is 26.8 Å². The molecule has 2 aromatic rings. The topological polar surface area (TPSA) is 145 Å². The largest absolute Gasteiger partial charge is 0.780 e. The lowest BCUT2D eigenvalue weighted by atomic mass is 9.91. The maximum Gasteiger partial charge on any atom is 0.124 e. The summed E-state index contributed by atoms with van der Waals surface area (Å²) in [6, 6.07) is 12.2. The smallest absolute Gasteiger partial charge is 0.124 e. The van der Waals surface area contributed by atoms with Crippen LogP contribution in [0.2, 0.25) is 0 Å². The number of allylic oxidation sites excluding steroid dienone is 2. The average Bonchev–Trinajstić information content (AvgIpc) is 2.59. The molecule has 0 unspecified atom stereocenters. The number of hydrogen-bond donors (Lipinski definition) is 0. The Labute approximate surface area is 162 Å². The first kappa shape index (κ1) is 22.4. The normalized spacial score (nSPS) is 13.1. The molecule has 0 saturated heterocycles. The Morgan fingerprint density at radius 2 is 0.964 bits per heavy atom. The van der Waals surface area contributed by atoms with Gasteiger partial charge in [-0.25, -0.2) is 0 Å². The molecule has 0 heterocycles. The lowest BCUT2D eigenvalue weighted by Crippen LogP contribution is -2.18. The van der Waals surface area contributed by atoms with Crippen molar-refractivity contribution in [2.75, 3.05) is 0 Å². The van der Waals surface area contributed by atoms with E-state index in [2.05, 4.69) is 9.05 Å². The van der Waals surface area contributed by atoms with Crippen molar-refractivity contribution in [3.63, 3.8) is 0 Å². The Bertz CT molecular complexity index is 846. The first-order chi connectivity index (χ1) is 13.0. The molecule has 0 aromatic heterocycles. The fourth-order valence-corrected chi connectivity index (χ4v) is 3.64. The summed E-state index contributed by atoms with van der Waals surface area (Å²) < 4.78 is 30.1. The highest BCUT2D eigenvalue weighted by molar-refractivity contribution is 7.43. The van der Waals surface area contributed by atoms with Gasteiger partial charge in [-0.15, -0.1) is 0 Å². The summed E-state index contributed by atoms with van der Waals surface area (Å²) >= 11 is 0. The molecule has 8 nitrogen and oxygen atoms in total. The van der Waals surface area contributed by atoms with E-state index in [0.717, 1.165) is 22.3 Å². The molecule has 152 valence electrons. The van der Waals surface area contributed by atoms with E-state index < -0.39 is 15.6 Å². The van der Waals surface area contributed by atoms with Crippen LogP contribution in [0.1, 0.15) is 37.8 Å². The summed E-state index contributed by atoms with van der Waals surface area (Å²) in [5.41, 5.74) is 3.60. The number of hydrogen-bond acceptors (Lipinski definition) is 8. The van der Waals surface area contributed by atoms with Crippen LogP contribution in [0.25, 0.3) is 11.1 Å². The summed E-state index contributed by atoms with van der Waals surface area (Å²) in [4.78, 5) is 42.8. The monoisotopic (exact) mass is 424 g/mol. The van der Waals surface area contributed by atoms with Crippen LogP contribution >= 0.6 is 15.6 Å². The van der Waals surface area contributed by atoms with Crippen molar-refractivity contribution in [1.82, 2.24) is 0 Å². The summed E-state index contributed by atoms with van der Waals surface area (Å²) in [5.74, 6) is -0.126. The molecule has 28 heavy (non-hydrogen) atoms. The molecule has 0 aliphatic carbocycles. The molecule has 0 aliphatic rings. The molecular formula is C18H18O8P2-4. The van der Waals surface area contributed by atoms with Gasteiger partial charge in [0.15, 0.2) is 0 Å². The fraction of sp³-hybridized carbons (Fsp3) is 0.222. The van der Waals surface area contributed by atoms with Crippen LogP contribution in [0.4, 0.5) is 0 Å². The fourth-order valence-electron chi connectivity index (χ4n) is 2.88. The maximum absolute atomic E-state index is 10.7. The highest BCUT2D eigenvalue weighted by Crippen LogP contribution is 2.35. The van der Waals surface area contributed by atoms with Gasteiger partial charge >= 0.3 is 0 Å². The van der Waals surface area contributed by atoms with E-state index in [4.69, 9.17) is 0 Å². The third-order valence-electron chi connectivity index (χ3n) is 3.91. The van der Waals surface area contributed by atoms with Gasteiger partial charge in [0.1, 0.15) is 27.1 Å². The third kappa shape index (κ3) is 6.60. The van der Waals surface area contributed by atoms with Crippen LogP contribution in [-0.2, 0) is 9.13 Å². The van der Waals surface area contributed by atoms with E-state index in [1.54, 1.807) is 24.3 Å². The van der Waals surface area contributed by atoms with Gasteiger partial charge in [0.05, 0.1) is 0 Å². The molecular weight excluding hydrogens is 406 g/mol. The quantitative estimate of drug-likeness (QED) is 0.461. The van der Waals surface area contributed by atoms with E-state index >= 15 is 0 Å². The number of rotatable bonds is 8. The molecule has 10 heteroatoms. The molecule has 0 saturated carbocycles. The summed E-state index contributed by atoms with van der Waals surface area (Å²) in [7, 11) is -10.2. The second-order valence-corrected chi connectivity index (χ2v) is 7.94. The standard InChI is InChI=1S/C18H22O8P2/c1-3-17(13-5-9-15(10-6-13)25-27(19,20)21)18(4-2)14-7-11-16(12-8-14)26-28(22,23)24/h5-12H,3-4H2,1-2H3,(H2,19,20,21)(H2,22,23,24)/p-4/b18-17+. The van der Waals surface area contributed by atoms with Gasteiger partial charge in [0, 0.05) is 0 Å². The van der Waals surface area contributed by atoms with Gasteiger partial charge in [-0.3, -0.25) is 0 Å². The van der Waals surface area contributed by atoms with Gasteiger partial charge in [0.2, 0.25) is 0 Å². The van der Waals surface area contributed by atoms with Crippen LogP contribution in [0.15, 0.2) is 48.5 Å².